The number of aliphatic carboxylic acids is 1. The molecule has 0 saturated carbocycles. The fourth-order valence-electron chi connectivity index (χ4n) is 3.84. The molecule has 0 aromatic carbocycles. The predicted molar refractivity (Wildman–Crippen MR) is 107 cm³/mol. The zero-order chi connectivity index (χ0) is 19.8. The average molecular weight is 398 g/mol. The first kappa shape index (κ1) is 18.8. The molecule has 7 nitrogen and oxygen atoms in total. The molecule has 146 valence electrons. The highest BCUT2D eigenvalue weighted by atomic mass is 32.1. The Labute approximate surface area is 167 Å². The number of nitrogens with zero attached hydrogens (tertiary/aromatic N) is 4. The molecule has 1 aliphatic rings. The van der Waals surface area contributed by atoms with Crippen molar-refractivity contribution in [1.82, 2.24) is 19.9 Å². The average Bonchev–Trinajstić information content (AvgIpc) is 3.17. The van der Waals surface area contributed by atoms with Crippen molar-refractivity contribution in [3.05, 3.63) is 46.5 Å². The summed E-state index contributed by atoms with van der Waals surface area (Å²) in [6.07, 6.45) is 3.63. The number of fused-ring (bicyclic) bond motifs is 1. The summed E-state index contributed by atoms with van der Waals surface area (Å²) in [6, 6.07) is 3.02. The number of carboxylic acids is 1. The van der Waals surface area contributed by atoms with Gasteiger partial charge in [-0.15, -0.1) is 11.3 Å². The summed E-state index contributed by atoms with van der Waals surface area (Å²) in [4.78, 5) is 28.9. The van der Waals surface area contributed by atoms with E-state index in [4.69, 9.17) is 4.74 Å². The Bertz CT molecular complexity index is 1020. The molecule has 1 aliphatic heterocycles. The van der Waals surface area contributed by atoms with Crippen LogP contribution in [0, 0.1) is 20.8 Å². The summed E-state index contributed by atoms with van der Waals surface area (Å²) >= 11 is 1.62. The maximum atomic E-state index is 11.8. The van der Waals surface area contributed by atoms with Gasteiger partial charge in [-0.2, -0.15) is 0 Å². The lowest BCUT2D eigenvalue weighted by Gasteiger charge is -2.20. The molecule has 0 unspecified atom stereocenters. The number of ether oxygens (including phenoxy) is 1. The highest BCUT2D eigenvalue weighted by molar-refractivity contribution is 7.18. The van der Waals surface area contributed by atoms with E-state index >= 15 is 0 Å². The van der Waals surface area contributed by atoms with Gasteiger partial charge in [0.25, 0.3) is 0 Å². The third kappa shape index (κ3) is 3.57. The van der Waals surface area contributed by atoms with E-state index in [0.717, 1.165) is 32.2 Å². The number of hydrogen-bond donors (Lipinski definition) is 1. The van der Waals surface area contributed by atoms with Crippen molar-refractivity contribution in [2.24, 2.45) is 0 Å². The van der Waals surface area contributed by atoms with Crippen LogP contribution in [0.15, 0.2) is 24.5 Å². The second-order valence-electron chi connectivity index (χ2n) is 7.13. The zero-order valence-corrected chi connectivity index (χ0v) is 16.9. The number of likely N-dealkylation sites (tertiary alicyclic amines) is 1. The molecule has 28 heavy (non-hydrogen) atoms. The number of carboxylic acid groups (broad SMARTS) is 1. The molecule has 1 saturated heterocycles. The predicted octanol–water partition coefficient (Wildman–Crippen LogP) is 3.12. The van der Waals surface area contributed by atoms with Gasteiger partial charge in [-0.25, -0.2) is 9.97 Å². The maximum Gasteiger partial charge on any atom is 0.321 e. The summed E-state index contributed by atoms with van der Waals surface area (Å²) < 4.78 is 5.98. The van der Waals surface area contributed by atoms with Gasteiger partial charge in [0, 0.05) is 47.9 Å². The van der Waals surface area contributed by atoms with Crippen LogP contribution in [-0.4, -0.2) is 49.6 Å². The third-order valence-electron chi connectivity index (χ3n) is 5.13. The van der Waals surface area contributed by atoms with E-state index in [-0.39, 0.29) is 6.10 Å². The highest BCUT2D eigenvalue weighted by Gasteiger charge is 2.38. The molecular weight excluding hydrogens is 376 g/mol. The lowest BCUT2D eigenvalue weighted by atomic mass is 10.1. The fourth-order valence-corrected chi connectivity index (χ4v) is 5.14. The van der Waals surface area contributed by atoms with Crippen LogP contribution in [0.25, 0.3) is 10.2 Å². The van der Waals surface area contributed by atoms with Crippen LogP contribution in [0.1, 0.15) is 28.4 Å². The third-order valence-corrected chi connectivity index (χ3v) is 6.30. The second kappa shape index (κ2) is 7.44. The Morgan fingerprint density at radius 1 is 1.29 bits per heavy atom. The highest BCUT2D eigenvalue weighted by Crippen LogP contribution is 2.34. The lowest BCUT2D eigenvalue weighted by molar-refractivity contribution is -0.142. The number of hydrogen-bond acceptors (Lipinski definition) is 7. The van der Waals surface area contributed by atoms with Gasteiger partial charge >= 0.3 is 5.97 Å². The van der Waals surface area contributed by atoms with Gasteiger partial charge in [0.05, 0.1) is 0 Å². The van der Waals surface area contributed by atoms with Gasteiger partial charge in [0.1, 0.15) is 28.6 Å². The summed E-state index contributed by atoms with van der Waals surface area (Å²) in [7, 11) is 0. The number of carbonyl (C=O) groups is 1. The molecule has 1 fully saturated rings. The molecule has 0 aliphatic carbocycles. The zero-order valence-electron chi connectivity index (χ0n) is 16.0. The van der Waals surface area contributed by atoms with Gasteiger partial charge in [-0.05, 0) is 38.5 Å². The smallest absolute Gasteiger partial charge is 0.321 e. The largest absolute Gasteiger partial charge is 0.489 e. The number of aryl methyl sites for hydroxylation is 3. The van der Waals surface area contributed by atoms with Gasteiger partial charge in [-0.1, -0.05) is 0 Å². The molecule has 0 bridgehead atoms. The molecule has 0 spiro atoms. The van der Waals surface area contributed by atoms with E-state index in [1.807, 2.05) is 18.7 Å². The molecular formula is C20H22N4O3S. The Kier molecular flexibility index (Phi) is 4.99. The van der Waals surface area contributed by atoms with Gasteiger partial charge < -0.3 is 9.84 Å². The topological polar surface area (TPSA) is 88.4 Å². The summed E-state index contributed by atoms with van der Waals surface area (Å²) in [6.45, 7) is 7.09. The van der Waals surface area contributed by atoms with E-state index in [2.05, 4.69) is 21.9 Å². The molecule has 8 heteroatoms. The van der Waals surface area contributed by atoms with Gasteiger partial charge in [0.15, 0.2) is 0 Å². The summed E-state index contributed by atoms with van der Waals surface area (Å²) in [5, 5.41) is 10.8. The van der Waals surface area contributed by atoms with Crippen molar-refractivity contribution >= 4 is 27.5 Å². The molecule has 2 atom stereocenters. The number of pyridine rings is 1. The van der Waals surface area contributed by atoms with Crippen molar-refractivity contribution in [3.63, 3.8) is 0 Å². The van der Waals surface area contributed by atoms with Crippen LogP contribution in [-0.2, 0) is 11.3 Å². The maximum absolute atomic E-state index is 11.8. The minimum absolute atomic E-state index is 0.165. The summed E-state index contributed by atoms with van der Waals surface area (Å²) in [5.74, 6) is 0.657. The van der Waals surface area contributed by atoms with Crippen molar-refractivity contribution < 1.29 is 14.6 Å². The Morgan fingerprint density at radius 2 is 2.04 bits per heavy atom. The van der Waals surface area contributed by atoms with Crippen molar-refractivity contribution in [1.29, 1.82) is 0 Å². The first-order valence-corrected chi connectivity index (χ1v) is 10.0. The van der Waals surface area contributed by atoms with Crippen LogP contribution in [0.5, 0.6) is 5.75 Å². The Balaban J connectivity index is 1.57. The van der Waals surface area contributed by atoms with E-state index in [0.29, 0.717) is 25.3 Å². The molecule has 3 aromatic rings. The molecule has 4 heterocycles. The van der Waals surface area contributed by atoms with Crippen molar-refractivity contribution in [3.8, 4) is 5.75 Å². The molecule has 3 aromatic heterocycles. The van der Waals surface area contributed by atoms with Crippen LogP contribution in [0.4, 0.5) is 0 Å². The van der Waals surface area contributed by atoms with Crippen molar-refractivity contribution in [2.45, 2.75) is 45.9 Å². The van der Waals surface area contributed by atoms with Crippen LogP contribution in [0.2, 0.25) is 0 Å². The summed E-state index contributed by atoms with van der Waals surface area (Å²) in [5.41, 5.74) is 2.11. The SMILES string of the molecule is Cc1nc(C)c2c(C)c(CN3C[C@@H](Oc4ccncc4)C[C@H]3C(=O)O)sc2n1. The first-order chi connectivity index (χ1) is 13.4. The second-order valence-corrected chi connectivity index (χ2v) is 8.21. The van der Waals surface area contributed by atoms with Gasteiger partial charge in [-0.3, -0.25) is 14.7 Å². The van der Waals surface area contributed by atoms with E-state index in [1.165, 1.54) is 0 Å². The molecule has 0 radical (unpaired) electrons. The Morgan fingerprint density at radius 3 is 2.75 bits per heavy atom. The van der Waals surface area contributed by atoms with Crippen LogP contribution >= 0.6 is 11.3 Å². The fraction of sp³-hybridized carbons (Fsp3) is 0.400. The van der Waals surface area contributed by atoms with E-state index in [9.17, 15) is 9.90 Å². The molecule has 1 N–H and O–H groups in total. The lowest BCUT2D eigenvalue weighted by Crippen LogP contribution is -2.35. The monoisotopic (exact) mass is 398 g/mol. The van der Waals surface area contributed by atoms with E-state index < -0.39 is 12.0 Å². The van der Waals surface area contributed by atoms with Crippen LogP contribution in [0.3, 0.4) is 0 Å². The van der Waals surface area contributed by atoms with E-state index in [1.54, 1.807) is 35.9 Å². The minimum Gasteiger partial charge on any atom is -0.489 e. The van der Waals surface area contributed by atoms with Crippen molar-refractivity contribution in [2.75, 3.05) is 6.54 Å². The molecule has 4 rings (SSSR count). The number of thiophene rings is 1. The standard InChI is InChI=1S/C20H22N4O3S/c1-11-17(28-19-18(11)12(2)22-13(3)23-19)10-24-9-15(8-16(24)20(25)26)27-14-4-6-21-7-5-14/h4-7,15-16H,8-10H2,1-3H3,(H,25,26)/t15-,16-/m0/s1. The van der Waals surface area contributed by atoms with Crippen LogP contribution < -0.4 is 4.74 Å². The number of aromatic nitrogens is 3. The minimum atomic E-state index is -0.814. The first-order valence-electron chi connectivity index (χ1n) is 9.19. The molecule has 0 amide bonds. The number of rotatable bonds is 5. The quantitative estimate of drug-likeness (QED) is 0.706. The normalized spacial score (nSPS) is 20.0. The van der Waals surface area contributed by atoms with Gasteiger partial charge in [0.2, 0.25) is 0 Å². The Hall–Kier alpha value is -2.58.